The molecule has 34 heavy (non-hydrogen) atoms. The zero-order chi connectivity index (χ0) is 26.1. The summed E-state index contributed by atoms with van der Waals surface area (Å²) in [6.45, 7) is 0. The van der Waals surface area contributed by atoms with Gasteiger partial charge in [0.2, 0.25) is 0 Å². The van der Waals surface area contributed by atoms with Gasteiger partial charge in [0.15, 0.2) is 0 Å². The van der Waals surface area contributed by atoms with Crippen molar-refractivity contribution in [3.8, 4) is 0 Å². The van der Waals surface area contributed by atoms with Gasteiger partial charge in [-0.25, -0.2) is 0 Å². The molecule has 0 heterocycles. The molecule has 0 amide bonds. The maximum atomic E-state index is 12.2. The van der Waals surface area contributed by atoms with Gasteiger partial charge in [-0.1, -0.05) is 36.4 Å². The largest absolute Gasteiger partial charge is 0.404 e. The highest BCUT2D eigenvalue weighted by molar-refractivity contribution is 8.89. The zero-order valence-electron chi connectivity index (χ0n) is 17.2. The van der Waals surface area contributed by atoms with Crippen LogP contribution in [0, 0.1) is 0 Å². The third-order valence-electron chi connectivity index (χ3n) is 4.94. The first-order valence-electron chi connectivity index (χ1n) is 9.19. The van der Waals surface area contributed by atoms with Gasteiger partial charge in [-0.2, -0.15) is 33.7 Å². The van der Waals surface area contributed by atoms with E-state index in [1.807, 2.05) is 0 Å². The number of rotatable bonds is 11. The second-order valence-corrected chi connectivity index (χ2v) is 29.6. The predicted molar refractivity (Wildman–Crippen MR) is 131 cm³/mol. The van der Waals surface area contributed by atoms with Crippen LogP contribution in [0.2, 0.25) is 0 Å². The molecule has 0 aliphatic carbocycles. The van der Waals surface area contributed by atoms with Crippen LogP contribution in [0.25, 0.3) is 0 Å². The summed E-state index contributed by atoms with van der Waals surface area (Å²) in [5, 5.41) is -0.789. The Morgan fingerprint density at radius 2 is 0.706 bits per heavy atom. The molecule has 2 aromatic rings. The van der Waals surface area contributed by atoms with Crippen LogP contribution in [0.3, 0.4) is 0 Å². The van der Waals surface area contributed by atoms with Gasteiger partial charge < -0.3 is 0 Å². The molecule has 0 bridgehead atoms. The Morgan fingerprint density at radius 3 is 0.912 bits per heavy atom. The lowest BCUT2D eigenvalue weighted by molar-refractivity contribution is 0.491. The Labute approximate surface area is 198 Å². The van der Waals surface area contributed by atoms with Crippen LogP contribution in [0.1, 0.15) is 12.8 Å². The summed E-state index contributed by atoms with van der Waals surface area (Å²) < 4.78 is 137. The highest BCUT2D eigenvalue weighted by Crippen LogP contribution is 2.70. The van der Waals surface area contributed by atoms with Gasteiger partial charge in [0.25, 0.3) is 0 Å². The van der Waals surface area contributed by atoms with Crippen molar-refractivity contribution in [3.05, 3.63) is 60.7 Å². The lowest BCUT2D eigenvalue weighted by Crippen LogP contribution is -2.30. The summed E-state index contributed by atoms with van der Waals surface area (Å²) in [4.78, 5) is 0. The van der Waals surface area contributed by atoms with E-state index in [1.165, 1.54) is 36.4 Å². The molecule has 12 nitrogen and oxygen atoms in total. The molecule has 2 aromatic carbocycles. The van der Waals surface area contributed by atoms with E-state index < -0.39 is 86.1 Å². The van der Waals surface area contributed by atoms with Gasteiger partial charge in [0, 0.05) is 0 Å². The molecule has 2 rings (SSSR count). The number of hydrogen-bond acceptors (Lipinski definition) is 8. The normalized spacial score (nSPS) is 14.1. The minimum Gasteiger partial charge on any atom is -0.256 e. The van der Waals surface area contributed by atoms with Crippen LogP contribution in [-0.4, -0.2) is 64.2 Å². The molecular formula is C16H22O12P2S4+2. The molecule has 0 aliphatic rings. The van der Waals surface area contributed by atoms with Crippen LogP contribution >= 0.6 is 11.3 Å². The van der Waals surface area contributed by atoms with Crippen molar-refractivity contribution in [3.63, 3.8) is 0 Å². The van der Waals surface area contributed by atoms with Crippen molar-refractivity contribution in [1.29, 1.82) is 0 Å². The Morgan fingerprint density at radius 1 is 0.471 bits per heavy atom. The first-order chi connectivity index (χ1) is 15.4. The Kier molecular flexibility index (Phi) is 8.69. The Hall–Kier alpha value is -1.06. The summed E-state index contributed by atoms with van der Waals surface area (Å²) in [6.07, 6.45) is -2.80. The minimum absolute atomic E-state index is 0.395. The zero-order valence-corrected chi connectivity index (χ0v) is 22.2. The summed E-state index contributed by atoms with van der Waals surface area (Å²) >= 11 is 0. The molecule has 0 aromatic heterocycles. The second kappa shape index (κ2) is 10.1. The van der Waals surface area contributed by atoms with E-state index in [4.69, 9.17) is 0 Å². The van der Waals surface area contributed by atoms with Crippen molar-refractivity contribution in [1.82, 2.24) is 0 Å². The Balaban J connectivity index is 2.53. The van der Waals surface area contributed by atoms with Gasteiger partial charge in [0.05, 0.1) is 12.3 Å². The van der Waals surface area contributed by atoms with Crippen molar-refractivity contribution < 1.29 is 51.9 Å². The van der Waals surface area contributed by atoms with Crippen molar-refractivity contribution in [2.45, 2.75) is 12.8 Å². The first-order valence-corrected chi connectivity index (χ1v) is 21.3. The fourth-order valence-corrected chi connectivity index (χ4v) is 23.6. The molecule has 0 radical (unpaired) electrons. The minimum atomic E-state index is -5.42. The van der Waals surface area contributed by atoms with Gasteiger partial charge in [-0.3, -0.25) is 18.2 Å². The van der Waals surface area contributed by atoms with Gasteiger partial charge in [-0.05, 0) is 37.1 Å². The van der Waals surface area contributed by atoms with Crippen molar-refractivity contribution in [2.24, 2.45) is 0 Å². The molecular weight excluding hydrogens is 574 g/mol. The summed E-state index contributed by atoms with van der Waals surface area (Å²) in [6, 6.07) is 12.3. The monoisotopic (exact) mass is 596 g/mol. The summed E-state index contributed by atoms with van der Waals surface area (Å²) in [5.41, 5.74) is -9.62. The quantitative estimate of drug-likeness (QED) is 0.165. The molecule has 0 saturated heterocycles. The SMILES string of the molecule is O=S(=O)(O)[P+](CCCC[P+](c1ccccc1)(S(=O)(=O)O)S(=O)(=O)O)(c1ccccc1)S(=O)(=O)O. The molecule has 0 fully saturated rings. The maximum absolute atomic E-state index is 12.2. The lowest BCUT2D eigenvalue weighted by atomic mass is 10.4. The molecule has 190 valence electrons. The van der Waals surface area contributed by atoms with Gasteiger partial charge in [0.1, 0.15) is 10.6 Å². The van der Waals surface area contributed by atoms with E-state index in [-0.39, 0.29) is 0 Å². The van der Waals surface area contributed by atoms with Crippen LogP contribution in [0.4, 0.5) is 0 Å². The van der Waals surface area contributed by atoms with Crippen molar-refractivity contribution >= 4 is 60.9 Å². The molecule has 0 unspecified atom stereocenters. The average Bonchev–Trinajstić information content (AvgIpc) is 2.68. The standard InChI is InChI=1S/C16H20O12P2S4/c17-31(18,19)29(32(20,21)22,15-9-3-1-4-10-15)13-7-8-14-30(33(23,24)25,34(26,27)28)16-11-5-2-6-12-16/h1-6,9-12H,7-8,13-14H2,(H2-2,17,18,19,20,21,22,23,24,25,26,27,28)/p+2. The third-order valence-corrected chi connectivity index (χ3v) is 32.4. The summed E-state index contributed by atoms with van der Waals surface area (Å²) in [5.74, 6) is 0. The van der Waals surface area contributed by atoms with E-state index in [0.29, 0.717) is 0 Å². The van der Waals surface area contributed by atoms with Gasteiger partial charge in [-0.15, -0.1) is 0 Å². The maximum Gasteiger partial charge on any atom is 0.404 e. The van der Waals surface area contributed by atoms with E-state index in [9.17, 15) is 51.9 Å². The van der Waals surface area contributed by atoms with Crippen LogP contribution in [0.5, 0.6) is 0 Å². The number of benzene rings is 2. The van der Waals surface area contributed by atoms with Crippen LogP contribution in [-0.2, 0) is 39.0 Å². The second-order valence-electron chi connectivity index (χ2n) is 6.96. The average molecular weight is 597 g/mol. The predicted octanol–water partition coefficient (Wildman–Crippen LogP) is 1.66. The highest BCUT2D eigenvalue weighted by atomic mass is 33.2. The fourth-order valence-electron chi connectivity index (χ4n) is 3.44. The smallest absolute Gasteiger partial charge is 0.256 e. The Bertz CT molecular complexity index is 1260. The number of hydrogen-bond donors (Lipinski definition) is 4. The molecule has 4 N–H and O–H groups in total. The first kappa shape index (κ1) is 29.2. The summed E-state index contributed by atoms with van der Waals surface area (Å²) in [7, 11) is -21.7. The molecule has 0 saturated carbocycles. The lowest BCUT2D eigenvalue weighted by Gasteiger charge is -2.21. The molecule has 18 heteroatoms. The highest BCUT2D eigenvalue weighted by Gasteiger charge is 2.67. The topological polar surface area (TPSA) is 217 Å². The molecule has 0 atom stereocenters. The third kappa shape index (κ3) is 5.36. The van der Waals surface area contributed by atoms with Crippen LogP contribution < -0.4 is 10.6 Å². The molecule has 0 spiro atoms. The van der Waals surface area contributed by atoms with Crippen LogP contribution in [0.15, 0.2) is 60.7 Å². The van der Waals surface area contributed by atoms with Gasteiger partial charge >= 0.3 is 50.3 Å². The van der Waals surface area contributed by atoms with E-state index in [1.54, 1.807) is 0 Å². The number of unbranched alkanes of at least 4 members (excludes halogenated alkanes) is 1. The van der Waals surface area contributed by atoms with Crippen molar-refractivity contribution in [2.75, 3.05) is 12.3 Å². The van der Waals surface area contributed by atoms with E-state index in [2.05, 4.69) is 0 Å². The fraction of sp³-hybridized carbons (Fsp3) is 0.250. The van der Waals surface area contributed by atoms with E-state index in [0.717, 1.165) is 24.3 Å². The van der Waals surface area contributed by atoms with E-state index >= 15 is 0 Å². The molecule has 0 aliphatic heterocycles.